The lowest BCUT2D eigenvalue weighted by Gasteiger charge is -2.37. The Hall–Kier alpha value is -1.32. The van der Waals surface area contributed by atoms with Crippen molar-refractivity contribution in [3.8, 4) is 5.75 Å². The van der Waals surface area contributed by atoms with E-state index in [4.69, 9.17) is 4.74 Å². The first-order valence-corrected chi connectivity index (χ1v) is 9.87. The van der Waals surface area contributed by atoms with Crippen molar-refractivity contribution in [3.63, 3.8) is 0 Å². The minimum atomic E-state index is -0.892. The summed E-state index contributed by atoms with van der Waals surface area (Å²) in [5.74, 6) is 1.43. The molecule has 0 radical (unpaired) electrons. The monoisotopic (exact) mass is 351 g/mol. The van der Waals surface area contributed by atoms with Crippen LogP contribution in [0.15, 0.2) is 12.1 Å². The Bertz CT molecular complexity index is 561. The van der Waals surface area contributed by atoms with Gasteiger partial charge in [0.05, 0.1) is 12.3 Å². The fraction of sp³-hybridized carbons (Fsp3) is 0.714. The maximum absolute atomic E-state index is 14.0. The number of hydrogen-bond acceptors (Lipinski definition) is 2. The van der Waals surface area contributed by atoms with Crippen LogP contribution in [0.2, 0.25) is 0 Å². The second-order valence-corrected chi connectivity index (χ2v) is 8.10. The van der Waals surface area contributed by atoms with Crippen LogP contribution in [0.1, 0.15) is 58.3 Å². The molecule has 2 saturated carbocycles. The van der Waals surface area contributed by atoms with E-state index < -0.39 is 11.6 Å². The highest BCUT2D eigenvalue weighted by Crippen LogP contribution is 2.41. The summed E-state index contributed by atoms with van der Waals surface area (Å²) in [7, 11) is 1.57. The van der Waals surface area contributed by atoms with Gasteiger partial charge in [-0.3, -0.25) is 0 Å². The quantitative estimate of drug-likeness (QED) is 0.700. The molecule has 0 atom stereocenters. The van der Waals surface area contributed by atoms with E-state index in [2.05, 4.69) is 12.2 Å². The van der Waals surface area contributed by atoms with Crippen molar-refractivity contribution in [2.75, 3.05) is 19.0 Å². The molecule has 0 unspecified atom stereocenters. The van der Waals surface area contributed by atoms with E-state index in [-0.39, 0.29) is 11.4 Å². The zero-order valence-corrected chi connectivity index (χ0v) is 15.5. The highest BCUT2D eigenvalue weighted by molar-refractivity contribution is 5.48. The second-order valence-electron chi connectivity index (χ2n) is 8.10. The van der Waals surface area contributed by atoms with Gasteiger partial charge in [-0.1, -0.05) is 19.8 Å². The minimum absolute atomic E-state index is 0.0277. The number of ether oxygens (including phenoxy) is 1. The molecule has 0 bridgehead atoms. The van der Waals surface area contributed by atoms with Gasteiger partial charge in [-0.15, -0.1) is 0 Å². The van der Waals surface area contributed by atoms with E-state index in [0.29, 0.717) is 12.5 Å². The largest absolute Gasteiger partial charge is 0.490 e. The molecule has 2 aliphatic rings. The van der Waals surface area contributed by atoms with Gasteiger partial charge in [0, 0.05) is 7.05 Å². The van der Waals surface area contributed by atoms with Crippen molar-refractivity contribution in [3.05, 3.63) is 23.8 Å². The smallest absolute Gasteiger partial charge is 0.202 e. The number of halogens is 2. The molecule has 2 fully saturated rings. The van der Waals surface area contributed by atoms with Crippen LogP contribution in [0.4, 0.5) is 14.5 Å². The van der Waals surface area contributed by atoms with Gasteiger partial charge in [0.15, 0.2) is 11.6 Å². The first kappa shape index (κ1) is 18.5. The topological polar surface area (TPSA) is 21.3 Å². The average Bonchev–Trinajstić information content (AvgIpc) is 2.64. The molecule has 0 aromatic heterocycles. The van der Waals surface area contributed by atoms with Gasteiger partial charge < -0.3 is 10.1 Å². The molecule has 2 aliphatic carbocycles. The third-order valence-corrected chi connectivity index (χ3v) is 6.41. The fourth-order valence-corrected chi connectivity index (χ4v) is 4.63. The van der Waals surface area contributed by atoms with Crippen molar-refractivity contribution in [1.82, 2.24) is 0 Å². The summed E-state index contributed by atoms with van der Waals surface area (Å²) < 4.78 is 33.4. The van der Waals surface area contributed by atoms with E-state index in [1.54, 1.807) is 7.05 Å². The van der Waals surface area contributed by atoms with Crippen molar-refractivity contribution >= 4 is 5.69 Å². The molecular formula is C21H31F2NO. The Kier molecular flexibility index (Phi) is 6.19. The number of rotatable bonds is 5. The molecule has 0 amide bonds. The first-order chi connectivity index (χ1) is 12.1. The molecule has 1 aromatic carbocycles. The molecule has 1 aromatic rings. The molecule has 25 heavy (non-hydrogen) atoms. The Morgan fingerprint density at radius 1 is 0.920 bits per heavy atom. The van der Waals surface area contributed by atoms with Gasteiger partial charge in [-0.25, -0.2) is 4.39 Å². The summed E-state index contributed by atoms with van der Waals surface area (Å²) in [6.45, 7) is 2.86. The fourth-order valence-electron chi connectivity index (χ4n) is 4.63. The molecule has 1 N–H and O–H groups in total. The van der Waals surface area contributed by atoms with Gasteiger partial charge in [0.25, 0.3) is 0 Å². The molecular weight excluding hydrogens is 320 g/mol. The zero-order valence-electron chi connectivity index (χ0n) is 15.5. The predicted molar refractivity (Wildman–Crippen MR) is 98.0 cm³/mol. The van der Waals surface area contributed by atoms with E-state index in [0.717, 1.165) is 30.6 Å². The minimum Gasteiger partial charge on any atom is -0.490 e. The third kappa shape index (κ3) is 4.45. The summed E-state index contributed by atoms with van der Waals surface area (Å²) in [6, 6.07) is 3.04. The number of hydrogen-bond donors (Lipinski definition) is 1. The number of benzene rings is 1. The Morgan fingerprint density at radius 2 is 1.52 bits per heavy atom. The van der Waals surface area contributed by atoms with Crippen LogP contribution < -0.4 is 10.1 Å². The van der Waals surface area contributed by atoms with Crippen LogP contribution in [-0.4, -0.2) is 13.7 Å². The maximum atomic E-state index is 14.0. The zero-order chi connectivity index (χ0) is 17.8. The molecule has 2 nitrogen and oxygen atoms in total. The molecule has 0 spiro atoms. The third-order valence-electron chi connectivity index (χ3n) is 6.41. The van der Waals surface area contributed by atoms with Gasteiger partial charge >= 0.3 is 0 Å². The average molecular weight is 351 g/mol. The maximum Gasteiger partial charge on any atom is 0.202 e. The van der Waals surface area contributed by atoms with E-state index in [9.17, 15) is 8.78 Å². The SMILES string of the molecule is CNc1ccc(OCC2CCC(C3CCC(C)CC3)CC2)c(F)c1F. The van der Waals surface area contributed by atoms with Crippen molar-refractivity contribution in [2.24, 2.45) is 23.7 Å². The predicted octanol–water partition coefficient (Wildman–Crippen LogP) is 6.02. The van der Waals surface area contributed by atoms with Crippen LogP contribution in [-0.2, 0) is 0 Å². The molecule has 3 rings (SSSR count). The van der Waals surface area contributed by atoms with Crippen LogP contribution in [0.3, 0.4) is 0 Å². The van der Waals surface area contributed by atoms with Gasteiger partial charge in [0.1, 0.15) is 0 Å². The lowest BCUT2D eigenvalue weighted by atomic mass is 9.69. The summed E-state index contributed by atoms with van der Waals surface area (Å²) in [5, 5.41) is 2.64. The first-order valence-electron chi connectivity index (χ1n) is 9.87. The van der Waals surface area contributed by atoms with Crippen molar-refractivity contribution < 1.29 is 13.5 Å². The van der Waals surface area contributed by atoms with Crippen molar-refractivity contribution in [2.45, 2.75) is 58.3 Å². The Morgan fingerprint density at radius 3 is 2.12 bits per heavy atom. The van der Waals surface area contributed by atoms with Gasteiger partial charge in [-0.2, -0.15) is 4.39 Å². The van der Waals surface area contributed by atoms with Crippen LogP contribution in [0, 0.1) is 35.3 Å². The molecule has 0 saturated heterocycles. The number of nitrogens with one attached hydrogen (secondary N) is 1. The van der Waals surface area contributed by atoms with Gasteiger partial charge in [0.2, 0.25) is 5.82 Å². The van der Waals surface area contributed by atoms with E-state index in [1.165, 1.54) is 50.7 Å². The number of anilines is 1. The molecule has 0 heterocycles. The normalized spacial score (nSPS) is 30.1. The Labute approximate surface area is 150 Å². The van der Waals surface area contributed by atoms with E-state index in [1.807, 2.05) is 0 Å². The van der Waals surface area contributed by atoms with E-state index >= 15 is 0 Å². The van der Waals surface area contributed by atoms with Crippen LogP contribution >= 0.6 is 0 Å². The summed E-state index contributed by atoms with van der Waals surface area (Å²) in [5.41, 5.74) is 0.159. The second kappa shape index (κ2) is 8.37. The lowest BCUT2D eigenvalue weighted by Crippen LogP contribution is -2.27. The Balaban J connectivity index is 1.46. The lowest BCUT2D eigenvalue weighted by molar-refractivity contribution is 0.124. The standard InChI is InChI=1S/C21H31F2NO/c1-14-3-7-16(8-4-14)17-9-5-15(6-10-17)13-25-19-12-11-18(24-2)20(22)21(19)23/h11-12,14-17,24H,3-10,13H2,1-2H3. The van der Waals surface area contributed by atoms with Gasteiger partial charge in [-0.05, 0) is 74.3 Å². The summed E-state index contributed by atoms with van der Waals surface area (Å²) in [4.78, 5) is 0. The van der Waals surface area contributed by atoms with Crippen LogP contribution in [0.25, 0.3) is 0 Å². The molecule has 4 heteroatoms. The summed E-state index contributed by atoms with van der Waals surface area (Å²) >= 11 is 0. The van der Waals surface area contributed by atoms with Crippen LogP contribution in [0.5, 0.6) is 5.75 Å². The summed E-state index contributed by atoms with van der Waals surface area (Å²) in [6.07, 6.45) is 10.4. The molecule has 0 aliphatic heterocycles. The highest BCUT2D eigenvalue weighted by atomic mass is 19.2. The molecule has 140 valence electrons. The van der Waals surface area contributed by atoms with Crippen molar-refractivity contribution in [1.29, 1.82) is 0 Å². The highest BCUT2D eigenvalue weighted by Gasteiger charge is 2.30.